The van der Waals surface area contributed by atoms with Crippen molar-refractivity contribution < 1.29 is 4.74 Å². The van der Waals surface area contributed by atoms with Gasteiger partial charge in [-0.2, -0.15) is 4.37 Å². The van der Waals surface area contributed by atoms with Crippen LogP contribution in [0.4, 0.5) is 0 Å². The van der Waals surface area contributed by atoms with E-state index in [0.717, 1.165) is 22.1 Å². The predicted molar refractivity (Wildman–Crippen MR) is 72.2 cm³/mol. The van der Waals surface area contributed by atoms with Crippen molar-refractivity contribution >= 4 is 11.5 Å². The van der Waals surface area contributed by atoms with Crippen LogP contribution in [0.3, 0.4) is 0 Å². The zero-order valence-corrected chi connectivity index (χ0v) is 11.5. The van der Waals surface area contributed by atoms with Crippen LogP contribution < -0.4 is 4.74 Å². The van der Waals surface area contributed by atoms with Crippen molar-refractivity contribution in [1.29, 1.82) is 0 Å². The van der Waals surface area contributed by atoms with Crippen LogP contribution in [0.25, 0.3) is 0 Å². The molecule has 0 bridgehead atoms. The highest BCUT2D eigenvalue weighted by Gasteiger charge is 2.08. The molecule has 0 atom stereocenters. The molecule has 0 spiro atoms. The van der Waals surface area contributed by atoms with Crippen LogP contribution in [0.15, 0.2) is 24.3 Å². The lowest BCUT2D eigenvalue weighted by Crippen LogP contribution is -1.87. The maximum atomic E-state index is 5.88. The van der Waals surface area contributed by atoms with Crippen LogP contribution >= 0.6 is 11.5 Å². The number of benzene rings is 1. The van der Waals surface area contributed by atoms with E-state index < -0.39 is 0 Å². The van der Waals surface area contributed by atoms with Gasteiger partial charge < -0.3 is 4.74 Å². The fourth-order valence-electron chi connectivity index (χ4n) is 1.52. The SMILES string of the molecule is Cc1ccc(C)c(Oc2cc(C(C)C)ns2)c1. The molecule has 1 heterocycles. The standard InChI is InChI=1S/C14H17NOS/c1-9(2)12-8-14(17-15-12)16-13-7-10(3)5-6-11(13)4/h5-9H,1-4H3. The van der Waals surface area contributed by atoms with Gasteiger partial charge in [0, 0.05) is 17.6 Å². The molecule has 1 aromatic carbocycles. The first-order chi connectivity index (χ1) is 8.06. The molecule has 0 fully saturated rings. The summed E-state index contributed by atoms with van der Waals surface area (Å²) in [6.07, 6.45) is 0. The number of ether oxygens (including phenoxy) is 1. The number of hydrogen-bond acceptors (Lipinski definition) is 3. The number of nitrogens with zero attached hydrogens (tertiary/aromatic N) is 1. The first kappa shape index (κ1) is 12.1. The van der Waals surface area contributed by atoms with Gasteiger partial charge in [0.1, 0.15) is 5.75 Å². The molecule has 0 aliphatic rings. The molecule has 2 nitrogen and oxygen atoms in total. The van der Waals surface area contributed by atoms with E-state index in [-0.39, 0.29) is 0 Å². The molecular weight excluding hydrogens is 230 g/mol. The van der Waals surface area contributed by atoms with E-state index in [1.807, 2.05) is 6.07 Å². The zero-order chi connectivity index (χ0) is 12.4. The highest BCUT2D eigenvalue weighted by Crippen LogP contribution is 2.31. The van der Waals surface area contributed by atoms with Crippen molar-refractivity contribution in [3.05, 3.63) is 41.1 Å². The van der Waals surface area contributed by atoms with Crippen LogP contribution in [-0.4, -0.2) is 4.37 Å². The summed E-state index contributed by atoms with van der Waals surface area (Å²) in [7, 11) is 0. The monoisotopic (exact) mass is 247 g/mol. The Morgan fingerprint density at radius 1 is 1.18 bits per heavy atom. The van der Waals surface area contributed by atoms with Gasteiger partial charge in [-0.1, -0.05) is 26.0 Å². The van der Waals surface area contributed by atoms with Crippen LogP contribution in [0.5, 0.6) is 10.8 Å². The molecule has 0 amide bonds. The van der Waals surface area contributed by atoms with Gasteiger partial charge in [0.25, 0.3) is 0 Å². The van der Waals surface area contributed by atoms with Crippen molar-refractivity contribution in [2.75, 3.05) is 0 Å². The Morgan fingerprint density at radius 2 is 1.94 bits per heavy atom. The minimum atomic E-state index is 0.446. The van der Waals surface area contributed by atoms with Gasteiger partial charge in [0.15, 0.2) is 5.06 Å². The fourth-order valence-corrected chi connectivity index (χ4v) is 2.28. The maximum Gasteiger partial charge on any atom is 0.200 e. The molecule has 0 aliphatic carbocycles. The lowest BCUT2D eigenvalue weighted by molar-refractivity contribution is 0.491. The molecule has 17 heavy (non-hydrogen) atoms. The van der Waals surface area contributed by atoms with Gasteiger partial charge in [-0.15, -0.1) is 0 Å². The van der Waals surface area contributed by atoms with E-state index in [9.17, 15) is 0 Å². The van der Waals surface area contributed by atoms with Gasteiger partial charge in [-0.3, -0.25) is 0 Å². The summed E-state index contributed by atoms with van der Waals surface area (Å²) >= 11 is 1.42. The van der Waals surface area contributed by atoms with Crippen LogP contribution in [0, 0.1) is 13.8 Å². The quantitative estimate of drug-likeness (QED) is 0.786. The van der Waals surface area contributed by atoms with E-state index in [0.29, 0.717) is 5.92 Å². The molecule has 2 rings (SSSR count). The molecular formula is C14H17NOS. The Kier molecular flexibility index (Phi) is 3.48. The zero-order valence-electron chi connectivity index (χ0n) is 10.7. The molecule has 0 aliphatic heterocycles. The topological polar surface area (TPSA) is 22.1 Å². The first-order valence-corrected chi connectivity index (χ1v) is 6.55. The van der Waals surface area contributed by atoms with Crippen molar-refractivity contribution in [2.45, 2.75) is 33.6 Å². The van der Waals surface area contributed by atoms with E-state index in [1.165, 1.54) is 17.1 Å². The van der Waals surface area contributed by atoms with Gasteiger partial charge in [-0.05, 0) is 37.0 Å². The average Bonchev–Trinajstić information content (AvgIpc) is 2.72. The summed E-state index contributed by atoms with van der Waals surface area (Å²) < 4.78 is 10.3. The van der Waals surface area contributed by atoms with Gasteiger partial charge in [0.05, 0.1) is 5.69 Å². The fraction of sp³-hybridized carbons (Fsp3) is 0.357. The number of aryl methyl sites for hydroxylation is 2. The first-order valence-electron chi connectivity index (χ1n) is 5.78. The smallest absolute Gasteiger partial charge is 0.200 e. The molecule has 0 saturated carbocycles. The third-order valence-electron chi connectivity index (χ3n) is 2.65. The van der Waals surface area contributed by atoms with Crippen LogP contribution in [0.2, 0.25) is 0 Å². The lowest BCUT2D eigenvalue weighted by atomic mass is 10.1. The van der Waals surface area contributed by atoms with E-state index >= 15 is 0 Å². The summed E-state index contributed by atoms with van der Waals surface area (Å²) in [4.78, 5) is 0. The van der Waals surface area contributed by atoms with Crippen molar-refractivity contribution in [3.8, 4) is 10.8 Å². The van der Waals surface area contributed by atoms with Crippen molar-refractivity contribution in [2.24, 2.45) is 0 Å². The van der Waals surface area contributed by atoms with Crippen molar-refractivity contribution in [3.63, 3.8) is 0 Å². The molecule has 0 radical (unpaired) electrons. The van der Waals surface area contributed by atoms with E-state index in [1.54, 1.807) is 0 Å². The summed E-state index contributed by atoms with van der Waals surface area (Å²) in [6, 6.07) is 8.25. The second kappa shape index (κ2) is 4.88. The van der Waals surface area contributed by atoms with E-state index in [4.69, 9.17) is 4.74 Å². The highest BCUT2D eigenvalue weighted by molar-refractivity contribution is 7.07. The maximum absolute atomic E-state index is 5.88. The second-order valence-corrected chi connectivity index (χ2v) is 5.36. The van der Waals surface area contributed by atoms with Crippen molar-refractivity contribution in [1.82, 2.24) is 4.37 Å². The van der Waals surface area contributed by atoms with E-state index in [2.05, 4.69) is 50.3 Å². The highest BCUT2D eigenvalue weighted by atomic mass is 32.1. The summed E-state index contributed by atoms with van der Waals surface area (Å²) in [5.74, 6) is 1.37. The Hall–Kier alpha value is -1.35. The molecule has 1 aromatic heterocycles. The average molecular weight is 247 g/mol. The molecule has 2 aromatic rings. The largest absolute Gasteiger partial charge is 0.445 e. The predicted octanol–water partition coefficient (Wildman–Crippen LogP) is 4.68. The minimum absolute atomic E-state index is 0.446. The van der Waals surface area contributed by atoms with Gasteiger partial charge in [0.2, 0.25) is 0 Å². The molecule has 0 saturated heterocycles. The van der Waals surface area contributed by atoms with Gasteiger partial charge in [-0.25, -0.2) is 0 Å². The molecule has 0 unspecified atom stereocenters. The van der Waals surface area contributed by atoms with Crippen LogP contribution in [-0.2, 0) is 0 Å². The molecule has 90 valence electrons. The summed E-state index contributed by atoms with van der Waals surface area (Å²) in [5, 5.41) is 0.863. The lowest BCUT2D eigenvalue weighted by Gasteiger charge is -2.06. The Labute approximate surface area is 106 Å². The van der Waals surface area contributed by atoms with Gasteiger partial charge >= 0.3 is 0 Å². The number of aromatic nitrogens is 1. The third-order valence-corrected chi connectivity index (χ3v) is 3.34. The summed E-state index contributed by atoms with van der Waals surface area (Å²) in [6.45, 7) is 8.39. The summed E-state index contributed by atoms with van der Waals surface area (Å²) in [5.41, 5.74) is 3.45. The number of hydrogen-bond donors (Lipinski definition) is 0. The Morgan fingerprint density at radius 3 is 2.59 bits per heavy atom. The second-order valence-electron chi connectivity index (χ2n) is 4.60. The molecule has 3 heteroatoms. The Bertz CT molecular complexity index is 517. The normalized spacial score (nSPS) is 10.9. The number of rotatable bonds is 3. The minimum Gasteiger partial charge on any atom is -0.445 e. The third kappa shape index (κ3) is 2.86. The Balaban J connectivity index is 2.22. The molecule has 0 N–H and O–H groups in total. The van der Waals surface area contributed by atoms with Crippen LogP contribution in [0.1, 0.15) is 36.6 Å².